The fourth-order valence-electron chi connectivity index (χ4n) is 3.85. The number of nitrogens with one attached hydrogen (secondary N) is 3. The summed E-state index contributed by atoms with van der Waals surface area (Å²) in [4.78, 5) is 25.2. The van der Waals surface area contributed by atoms with Crippen molar-refractivity contribution in [3.63, 3.8) is 0 Å². The minimum atomic E-state index is -0.217. The second-order valence-corrected chi connectivity index (χ2v) is 7.64. The Morgan fingerprint density at radius 3 is 3.03 bits per heavy atom. The topological polar surface area (TPSA) is 107 Å². The van der Waals surface area contributed by atoms with Crippen molar-refractivity contribution in [2.75, 3.05) is 6.54 Å². The predicted molar refractivity (Wildman–Crippen MR) is 110 cm³/mol. The van der Waals surface area contributed by atoms with Gasteiger partial charge in [0.2, 0.25) is 5.91 Å². The molecule has 0 bridgehead atoms. The number of aromatic nitrogens is 2. The van der Waals surface area contributed by atoms with E-state index in [1.165, 1.54) is 5.56 Å². The van der Waals surface area contributed by atoms with Gasteiger partial charge in [0.25, 0.3) is 5.91 Å². The number of nitrogens with zero attached hydrogens (tertiary/aromatic N) is 1. The van der Waals surface area contributed by atoms with Crippen molar-refractivity contribution in [1.29, 1.82) is 0 Å². The number of aromatic hydroxyl groups is 1. The van der Waals surface area contributed by atoms with Gasteiger partial charge in [0.05, 0.1) is 6.20 Å². The number of amides is 2. The molecule has 0 saturated carbocycles. The van der Waals surface area contributed by atoms with Crippen LogP contribution in [0.15, 0.2) is 42.6 Å². The molecule has 4 N–H and O–H groups in total. The van der Waals surface area contributed by atoms with E-state index in [2.05, 4.69) is 20.8 Å². The molecule has 0 spiro atoms. The van der Waals surface area contributed by atoms with E-state index in [1.807, 2.05) is 19.2 Å². The molecule has 0 fully saturated rings. The standard InChI is InChI=1S/C22H24N4O3/c1-13(11-23-21(28)15-5-6-16-12-24-26-20(16)10-15)25-22(29)19-4-2-3-14-9-17(27)7-8-18(14)19/h2-4,7-9,12-13,15,27H,5-6,10-11H2,1H3,(H,23,28)(H,24,26)(H,25,29). The minimum absolute atomic E-state index is 0.00647. The number of carbonyl (C=O) groups is 2. The van der Waals surface area contributed by atoms with Crippen LogP contribution in [0.25, 0.3) is 10.8 Å². The first-order chi connectivity index (χ1) is 14.0. The normalized spacial score (nSPS) is 16.8. The quantitative estimate of drug-likeness (QED) is 0.534. The lowest BCUT2D eigenvalue weighted by molar-refractivity contribution is -0.125. The number of hydrogen-bond donors (Lipinski definition) is 4. The van der Waals surface area contributed by atoms with Crippen LogP contribution in [-0.2, 0) is 17.6 Å². The third-order valence-corrected chi connectivity index (χ3v) is 5.46. The first-order valence-corrected chi connectivity index (χ1v) is 9.82. The molecule has 4 rings (SSSR count). The number of hydrogen-bond acceptors (Lipinski definition) is 4. The smallest absolute Gasteiger partial charge is 0.252 e. The summed E-state index contributed by atoms with van der Waals surface area (Å²) in [7, 11) is 0. The van der Waals surface area contributed by atoms with Crippen LogP contribution >= 0.6 is 0 Å². The van der Waals surface area contributed by atoms with E-state index in [0.29, 0.717) is 18.5 Å². The van der Waals surface area contributed by atoms with Gasteiger partial charge in [0.15, 0.2) is 0 Å². The Kier molecular flexibility index (Phi) is 5.20. The van der Waals surface area contributed by atoms with Crippen molar-refractivity contribution in [3.8, 4) is 5.75 Å². The van der Waals surface area contributed by atoms with E-state index in [0.717, 1.165) is 29.3 Å². The molecule has 1 aliphatic carbocycles. The third kappa shape index (κ3) is 4.08. The molecule has 7 heteroatoms. The molecule has 2 aromatic carbocycles. The van der Waals surface area contributed by atoms with Crippen LogP contribution in [0, 0.1) is 5.92 Å². The van der Waals surface area contributed by atoms with Crippen LogP contribution in [0.3, 0.4) is 0 Å². The maximum Gasteiger partial charge on any atom is 0.252 e. The van der Waals surface area contributed by atoms with Crippen LogP contribution in [0.4, 0.5) is 0 Å². The fourth-order valence-corrected chi connectivity index (χ4v) is 3.85. The molecule has 2 unspecified atom stereocenters. The van der Waals surface area contributed by atoms with E-state index in [4.69, 9.17) is 0 Å². The van der Waals surface area contributed by atoms with Gasteiger partial charge >= 0.3 is 0 Å². The predicted octanol–water partition coefficient (Wildman–Crippen LogP) is 2.31. The molecule has 0 radical (unpaired) electrons. The highest BCUT2D eigenvalue weighted by molar-refractivity contribution is 6.07. The number of phenolic OH excluding ortho intramolecular Hbond substituents is 1. The maximum atomic E-state index is 12.7. The lowest BCUT2D eigenvalue weighted by Gasteiger charge is -2.22. The zero-order valence-corrected chi connectivity index (χ0v) is 16.2. The van der Waals surface area contributed by atoms with Crippen molar-refractivity contribution in [3.05, 3.63) is 59.4 Å². The molecule has 1 aliphatic rings. The van der Waals surface area contributed by atoms with Gasteiger partial charge in [-0.3, -0.25) is 14.7 Å². The Hall–Kier alpha value is -3.35. The van der Waals surface area contributed by atoms with Gasteiger partial charge in [-0.05, 0) is 60.4 Å². The Morgan fingerprint density at radius 1 is 1.31 bits per heavy atom. The monoisotopic (exact) mass is 392 g/mol. The molecule has 3 aromatic rings. The van der Waals surface area contributed by atoms with E-state index in [1.54, 1.807) is 30.3 Å². The van der Waals surface area contributed by atoms with E-state index < -0.39 is 0 Å². The van der Waals surface area contributed by atoms with Crippen LogP contribution in [0.2, 0.25) is 0 Å². The second kappa shape index (κ2) is 7.95. The summed E-state index contributed by atoms with van der Waals surface area (Å²) in [5, 5.41) is 24.1. The number of phenols is 1. The zero-order chi connectivity index (χ0) is 20.4. The van der Waals surface area contributed by atoms with Gasteiger partial charge < -0.3 is 15.7 Å². The molecule has 2 amide bonds. The van der Waals surface area contributed by atoms with Gasteiger partial charge in [-0.25, -0.2) is 0 Å². The molecule has 0 saturated heterocycles. The first-order valence-electron chi connectivity index (χ1n) is 9.82. The summed E-state index contributed by atoms with van der Waals surface area (Å²) in [6.45, 7) is 2.23. The number of fused-ring (bicyclic) bond motifs is 2. The van der Waals surface area contributed by atoms with Crippen LogP contribution < -0.4 is 10.6 Å². The molecule has 7 nitrogen and oxygen atoms in total. The highest BCUT2D eigenvalue weighted by atomic mass is 16.3. The lowest BCUT2D eigenvalue weighted by Crippen LogP contribution is -2.44. The number of carbonyl (C=O) groups excluding carboxylic acids is 2. The van der Waals surface area contributed by atoms with Crippen molar-refractivity contribution in [2.24, 2.45) is 5.92 Å². The number of aromatic amines is 1. The Labute approximate surface area is 168 Å². The van der Waals surface area contributed by atoms with Gasteiger partial charge in [-0.2, -0.15) is 5.10 Å². The van der Waals surface area contributed by atoms with Gasteiger partial charge in [0, 0.05) is 36.2 Å². The Balaban J connectivity index is 1.33. The Morgan fingerprint density at radius 2 is 2.17 bits per heavy atom. The average Bonchev–Trinajstić information content (AvgIpc) is 3.19. The van der Waals surface area contributed by atoms with E-state index in [9.17, 15) is 14.7 Å². The minimum Gasteiger partial charge on any atom is -0.508 e. The van der Waals surface area contributed by atoms with Crippen LogP contribution in [0.1, 0.15) is 35.0 Å². The number of H-pyrrole nitrogens is 1. The molecule has 1 heterocycles. The van der Waals surface area contributed by atoms with Crippen molar-refractivity contribution >= 4 is 22.6 Å². The highest BCUT2D eigenvalue weighted by Crippen LogP contribution is 2.24. The van der Waals surface area contributed by atoms with Crippen LogP contribution in [0.5, 0.6) is 5.75 Å². The average molecular weight is 392 g/mol. The van der Waals surface area contributed by atoms with Crippen molar-refractivity contribution < 1.29 is 14.7 Å². The Bertz CT molecular complexity index is 1060. The van der Waals surface area contributed by atoms with Gasteiger partial charge in [0.1, 0.15) is 5.75 Å². The third-order valence-electron chi connectivity index (χ3n) is 5.46. The van der Waals surface area contributed by atoms with E-state index >= 15 is 0 Å². The number of benzene rings is 2. The molecular formula is C22H24N4O3. The molecular weight excluding hydrogens is 368 g/mol. The molecule has 150 valence electrons. The maximum absolute atomic E-state index is 12.7. The largest absolute Gasteiger partial charge is 0.508 e. The van der Waals surface area contributed by atoms with Gasteiger partial charge in [-0.1, -0.05) is 12.1 Å². The number of aryl methyl sites for hydroxylation is 1. The zero-order valence-electron chi connectivity index (χ0n) is 16.2. The summed E-state index contributed by atoms with van der Waals surface area (Å²) < 4.78 is 0. The molecule has 0 aliphatic heterocycles. The SMILES string of the molecule is CC(CNC(=O)C1CCc2cn[nH]c2C1)NC(=O)c1cccc2cc(O)ccc12. The summed E-state index contributed by atoms with van der Waals surface area (Å²) in [6, 6.07) is 10.1. The molecule has 29 heavy (non-hydrogen) atoms. The summed E-state index contributed by atoms with van der Waals surface area (Å²) in [5.41, 5.74) is 2.78. The summed E-state index contributed by atoms with van der Waals surface area (Å²) in [6.07, 6.45) is 4.16. The van der Waals surface area contributed by atoms with Crippen molar-refractivity contribution in [1.82, 2.24) is 20.8 Å². The van der Waals surface area contributed by atoms with Crippen molar-refractivity contribution in [2.45, 2.75) is 32.2 Å². The second-order valence-electron chi connectivity index (χ2n) is 7.64. The summed E-state index contributed by atoms with van der Waals surface area (Å²) >= 11 is 0. The fraction of sp³-hybridized carbons (Fsp3) is 0.318. The van der Waals surface area contributed by atoms with Crippen LogP contribution in [-0.4, -0.2) is 39.7 Å². The number of rotatable bonds is 5. The first kappa shape index (κ1) is 19.0. The van der Waals surface area contributed by atoms with Gasteiger partial charge in [-0.15, -0.1) is 0 Å². The highest BCUT2D eigenvalue weighted by Gasteiger charge is 2.26. The molecule has 2 atom stereocenters. The van der Waals surface area contributed by atoms with E-state index in [-0.39, 0.29) is 29.5 Å². The lowest BCUT2D eigenvalue weighted by atomic mass is 9.87. The summed E-state index contributed by atoms with van der Waals surface area (Å²) in [5.74, 6) is -0.109. The molecule has 1 aromatic heterocycles.